The van der Waals surface area contributed by atoms with Gasteiger partial charge in [-0.1, -0.05) is 13.0 Å². The Labute approximate surface area is 109 Å². The molecule has 4 heteroatoms. The van der Waals surface area contributed by atoms with Crippen LogP contribution < -0.4 is 0 Å². The first-order chi connectivity index (χ1) is 8.59. The third-order valence-corrected chi connectivity index (χ3v) is 3.54. The molecule has 0 spiro atoms. The second-order valence-electron chi connectivity index (χ2n) is 4.14. The standard InChI is InChI=1S/C14H12ClF2N/c1-9(10-4-6-18-7-5-10)14(15)12-3-2-11(16)8-13(12)17/h2-9,14H,1H3. The van der Waals surface area contributed by atoms with Crippen molar-refractivity contribution in [1.29, 1.82) is 0 Å². The van der Waals surface area contributed by atoms with Gasteiger partial charge in [-0.05, 0) is 23.8 Å². The van der Waals surface area contributed by atoms with Gasteiger partial charge in [-0.3, -0.25) is 4.98 Å². The van der Waals surface area contributed by atoms with Crippen molar-refractivity contribution in [2.75, 3.05) is 0 Å². The van der Waals surface area contributed by atoms with Crippen molar-refractivity contribution >= 4 is 11.6 Å². The van der Waals surface area contributed by atoms with Gasteiger partial charge in [-0.2, -0.15) is 0 Å². The van der Waals surface area contributed by atoms with Crippen LogP contribution in [0.15, 0.2) is 42.7 Å². The molecule has 2 unspecified atom stereocenters. The lowest BCUT2D eigenvalue weighted by Crippen LogP contribution is -2.05. The lowest BCUT2D eigenvalue weighted by atomic mass is 9.93. The molecule has 1 nitrogen and oxygen atoms in total. The number of hydrogen-bond acceptors (Lipinski definition) is 1. The highest BCUT2D eigenvalue weighted by Gasteiger charge is 2.21. The zero-order valence-corrected chi connectivity index (χ0v) is 10.5. The normalized spacial score (nSPS) is 14.2. The summed E-state index contributed by atoms with van der Waals surface area (Å²) >= 11 is 6.27. The molecule has 0 N–H and O–H groups in total. The molecule has 1 aromatic heterocycles. The topological polar surface area (TPSA) is 12.9 Å². The molecule has 0 fully saturated rings. The van der Waals surface area contributed by atoms with Crippen molar-refractivity contribution in [3.8, 4) is 0 Å². The van der Waals surface area contributed by atoms with Gasteiger partial charge in [0, 0.05) is 29.9 Å². The Balaban J connectivity index is 2.28. The van der Waals surface area contributed by atoms with Gasteiger partial charge >= 0.3 is 0 Å². The van der Waals surface area contributed by atoms with Crippen molar-refractivity contribution in [2.24, 2.45) is 0 Å². The Kier molecular flexibility index (Phi) is 3.92. The van der Waals surface area contributed by atoms with Gasteiger partial charge < -0.3 is 0 Å². The van der Waals surface area contributed by atoms with Crippen LogP contribution in [0.4, 0.5) is 8.78 Å². The number of rotatable bonds is 3. The monoisotopic (exact) mass is 267 g/mol. The Morgan fingerprint density at radius 1 is 1.11 bits per heavy atom. The molecule has 2 aromatic rings. The van der Waals surface area contributed by atoms with E-state index in [0.29, 0.717) is 5.56 Å². The maximum atomic E-state index is 13.6. The summed E-state index contributed by atoms with van der Waals surface area (Å²) in [5.41, 5.74) is 1.27. The van der Waals surface area contributed by atoms with E-state index >= 15 is 0 Å². The fourth-order valence-corrected chi connectivity index (χ4v) is 2.15. The summed E-state index contributed by atoms with van der Waals surface area (Å²) in [5.74, 6) is -1.30. The maximum Gasteiger partial charge on any atom is 0.130 e. The molecule has 0 radical (unpaired) electrons. The number of benzene rings is 1. The fraction of sp³-hybridized carbons (Fsp3) is 0.214. The minimum Gasteiger partial charge on any atom is -0.265 e. The van der Waals surface area contributed by atoms with Crippen molar-refractivity contribution < 1.29 is 8.78 Å². The molecule has 0 amide bonds. The number of halogens is 3. The van der Waals surface area contributed by atoms with Gasteiger partial charge in [0.25, 0.3) is 0 Å². The third kappa shape index (κ3) is 2.67. The SMILES string of the molecule is CC(c1ccncc1)C(Cl)c1ccc(F)cc1F. The first kappa shape index (κ1) is 13.0. The molecular formula is C14H12ClF2N. The molecule has 18 heavy (non-hydrogen) atoms. The van der Waals surface area contributed by atoms with Crippen LogP contribution >= 0.6 is 11.6 Å². The van der Waals surface area contributed by atoms with E-state index in [2.05, 4.69) is 4.98 Å². The zero-order valence-electron chi connectivity index (χ0n) is 9.78. The van der Waals surface area contributed by atoms with E-state index in [1.54, 1.807) is 12.4 Å². The van der Waals surface area contributed by atoms with E-state index < -0.39 is 17.0 Å². The minimum absolute atomic E-state index is 0.0883. The Hall–Kier alpha value is -1.48. The van der Waals surface area contributed by atoms with E-state index in [0.717, 1.165) is 11.6 Å². The Morgan fingerprint density at radius 2 is 1.78 bits per heavy atom. The van der Waals surface area contributed by atoms with E-state index in [-0.39, 0.29) is 5.92 Å². The molecule has 0 aliphatic carbocycles. The smallest absolute Gasteiger partial charge is 0.130 e. The molecule has 0 bridgehead atoms. The fourth-order valence-electron chi connectivity index (χ4n) is 1.83. The molecule has 0 saturated carbocycles. The number of pyridine rings is 1. The van der Waals surface area contributed by atoms with Crippen molar-refractivity contribution in [3.63, 3.8) is 0 Å². The van der Waals surface area contributed by atoms with Gasteiger partial charge in [-0.25, -0.2) is 8.78 Å². The maximum absolute atomic E-state index is 13.6. The average Bonchev–Trinajstić information content (AvgIpc) is 2.38. The molecule has 1 aromatic carbocycles. The van der Waals surface area contributed by atoms with E-state index in [1.165, 1.54) is 12.1 Å². The zero-order chi connectivity index (χ0) is 13.1. The largest absolute Gasteiger partial charge is 0.265 e. The van der Waals surface area contributed by atoms with Crippen molar-refractivity contribution in [2.45, 2.75) is 18.2 Å². The van der Waals surface area contributed by atoms with Crippen LogP contribution in [0.5, 0.6) is 0 Å². The predicted molar refractivity (Wildman–Crippen MR) is 67.6 cm³/mol. The molecule has 0 aliphatic rings. The molecule has 2 rings (SSSR count). The van der Waals surface area contributed by atoms with Gasteiger partial charge in [0.05, 0.1) is 5.38 Å². The summed E-state index contributed by atoms with van der Waals surface area (Å²) in [6.45, 7) is 1.90. The van der Waals surface area contributed by atoms with Crippen LogP contribution in [-0.4, -0.2) is 4.98 Å². The highest BCUT2D eigenvalue weighted by molar-refractivity contribution is 6.21. The summed E-state index contributed by atoms with van der Waals surface area (Å²) in [4.78, 5) is 3.92. The molecule has 0 saturated heterocycles. The second kappa shape index (κ2) is 5.44. The molecular weight excluding hydrogens is 256 g/mol. The third-order valence-electron chi connectivity index (χ3n) is 2.93. The van der Waals surface area contributed by atoms with Gasteiger partial charge in [-0.15, -0.1) is 11.6 Å². The van der Waals surface area contributed by atoms with Crippen LogP contribution in [-0.2, 0) is 0 Å². The lowest BCUT2D eigenvalue weighted by Gasteiger charge is -2.19. The first-order valence-electron chi connectivity index (χ1n) is 5.58. The number of nitrogens with zero attached hydrogens (tertiary/aromatic N) is 1. The molecule has 2 atom stereocenters. The second-order valence-corrected chi connectivity index (χ2v) is 4.61. The molecule has 1 heterocycles. The van der Waals surface area contributed by atoms with Crippen LogP contribution in [0.2, 0.25) is 0 Å². The summed E-state index contributed by atoms with van der Waals surface area (Å²) < 4.78 is 26.5. The molecule has 94 valence electrons. The average molecular weight is 268 g/mol. The Bertz CT molecular complexity index is 531. The summed E-state index contributed by atoms with van der Waals surface area (Å²) in [5, 5.41) is -0.548. The highest BCUT2D eigenvalue weighted by atomic mass is 35.5. The number of hydrogen-bond donors (Lipinski definition) is 0. The summed E-state index contributed by atoms with van der Waals surface area (Å²) in [6.07, 6.45) is 3.33. The minimum atomic E-state index is -0.615. The Morgan fingerprint density at radius 3 is 2.39 bits per heavy atom. The van der Waals surface area contributed by atoms with Crippen molar-refractivity contribution in [3.05, 3.63) is 65.5 Å². The van der Waals surface area contributed by atoms with Crippen LogP contribution in [0.1, 0.15) is 29.3 Å². The van der Waals surface area contributed by atoms with E-state index in [9.17, 15) is 8.78 Å². The van der Waals surface area contributed by atoms with Gasteiger partial charge in [0.1, 0.15) is 11.6 Å². The van der Waals surface area contributed by atoms with Gasteiger partial charge in [0.15, 0.2) is 0 Å². The number of alkyl halides is 1. The van der Waals surface area contributed by atoms with Gasteiger partial charge in [0.2, 0.25) is 0 Å². The van der Waals surface area contributed by atoms with Crippen LogP contribution in [0, 0.1) is 11.6 Å². The predicted octanol–water partition coefficient (Wildman–Crippen LogP) is 4.44. The first-order valence-corrected chi connectivity index (χ1v) is 6.02. The van der Waals surface area contributed by atoms with Crippen LogP contribution in [0.3, 0.4) is 0 Å². The molecule has 0 aliphatic heterocycles. The summed E-state index contributed by atoms with van der Waals surface area (Å²) in [7, 11) is 0. The van der Waals surface area contributed by atoms with Crippen molar-refractivity contribution in [1.82, 2.24) is 4.98 Å². The highest BCUT2D eigenvalue weighted by Crippen LogP contribution is 2.36. The van der Waals surface area contributed by atoms with Crippen LogP contribution in [0.25, 0.3) is 0 Å². The lowest BCUT2D eigenvalue weighted by molar-refractivity contribution is 0.562. The van der Waals surface area contributed by atoms with E-state index in [4.69, 9.17) is 11.6 Å². The van der Waals surface area contributed by atoms with E-state index in [1.807, 2.05) is 19.1 Å². The summed E-state index contributed by atoms with van der Waals surface area (Å²) in [6, 6.07) is 7.13. The number of aromatic nitrogens is 1. The quantitative estimate of drug-likeness (QED) is 0.749.